The van der Waals surface area contributed by atoms with Crippen molar-refractivity contribution in [3.8, 4) is 0 Å². The van der Waals surface area contributed by atoms with Gasteiger partial charge in [0.15, 0.2) is 0 Å². The lowest BCUT2D eigenvalue weighted by Gasteiger charge is -2.30. The van der Waals surface area contributed by atoms with Crippen LogP contribution in [0.15, 0.2) is 36.7 Å². The molecular formula is C14H17NO2. The fraction of sp³-hybridized carbons (Fsp3) is 0.357. The molecule has 1 aromatic heterocycles. The molecule has 0 aliphatic rings. The molecule has 1 heterocycles. The summed E-state index contributed by atoms with van der Waals surface area (Å²) in [5.74, 6) is 0. The number of methoxy groups -OCH3 is 1. The molecule has 2 unspecified atom stereocenters. The van der Waals surface area contributed by atoms with Crippen molar-refractivity contribution in [3.63, 3.8) is 0 Å². The topological polar surface area (TPSA) is 42.4 Å². The van der Waals surface area contributed by atoms with Crippen LogP contribution in [-0.2, 0) is 10.3 Å². The number of rotatable bonds is 3. The number of aromatic nitrogens is 1. The third-order valence-electron chi connectivity index (χ3n) is 3.37. The van der Waals surface area contributed by atoms with Gasteiger partial charge in [0, 0.05) is 24.9 Å². The van der Waals surface area contributed by atoms with Crippen LogP contribution < -0.4 is 0 Å². The first-order valence-corrected chi connectivity index (χ1v) is 5.65. The van der Waals surface area contributed by atoms with Crippen LogP contribution in [0.25, 0.3) is 10.8 Å². The van der Waals surface area contributed by atoms with Gasteiger partial charge >= 0.3 is 0 Å². The van der Waals surface area contributed by atoms with Gasteiger partial charge in [-0.1, -0.05) is 18.2 Å². The molecule has 2 atom stereocenters. The van der Waals surface area contributed by atoms with E-state index in [9.17, 15) is 5.11 Å². The van der Waals surface area contributed by atoms with Gasteiger partial charge in [0.2, 0.25) is 0 Å². The van der Waals surface area contributed by atoms with Crippen molar-refractivity contribution in [2.24, 2.45) is 0 Å². The molecule has 0 aliphatic heterocycles. The number of nitrogens with zero attached hydrogens (tertiary/aromatic N) is 1. The van der Waals surface area contributed by atoms with Crippen molar-refractivity contribution in [1.29, 1.82) is 0 Å². The fourth-order valence-corrected chi connectivity index (χ4v) is 2.01. The molecule has 0 amide bonds. The zero-order valence-electron chi connectivity index (χ0n) is 10.3. The summed E-state index contributed by atoms with van der Waals surface area (Å²) in [5, 5.41) is 12.6. The summed E-state index contributed by atoms with van der Waals surface area (Å²) in [6, 6.07) is 7.76. The van der Waals surface area contributed by atoms with Crippen LogP contribution in [0, 0.1) is 0 Å². The highest BCUT2D eigenvalue weighted by atomic mass is 16.5. The van der Waals surface area contributed by atoms with Crippen molar-refractivity contribution >= 4 is 10.8 Å². The molecule has 0 saturated carbocycles. The summed E-state index contributed by atoms with van der Waals surface area (Å²) < 4.78 is 5.25. The minimum Gasteiger partial charge on any atom is -0.383 e. The Kier molecular flexibility index (Phi) is 3.13. The predicted octanol–water partition coefficient (Wildman–Crippen LogP) is 2.48. The zero-order valence-corrected chi connectivity index (χ0v) is 10.3. The van der Waals surface area contributed by atoms with Gasteiger partial charge in [-0.25, -0.2) is 0 Å². The second-order valence-corrected chi connectivity index (χ2v) is 4.43. The van der Waals surface area contributed by atoms with E-state index in [1.54, 1.807) is 26.4 Å². The Bertz CT molecular complexity index is 517. The number of benzene rings is 1. The highest BCUT2D eigenvalue weighted by Crippen LogP contribution is 2.31. The third-order valence-corrected chi connectivity index (χ3v) is 3.37. The summed E-state index contributed by atoms with van der Waals surface area (Å²) in [7, 11) is 1.60. The number of hydrogen-bond acceptors (Lipinski definition) is 3. The predicted molar refractivity (Wildman–Crippen MR) is 67.8 cm³/mol. The first kappa shape index (κ1) is 12.0. The van der Waals surface area contributed by atoms with Crippen LogP contribution in [0.4, 0.5) is 0 Å². The van der Waals surface area contributed by atoms with Crippen LogP contribution in [0.1, 0.15) is 19.4 Å². The van der Waals surface area contributed by atoms with Crippen molar-refractivity contribution in [2.45, 2.75) is 25.6 Å². The first-order chi connectivity index (χ1) is 8.07. The highest BCUT2D eigenvalue weighted by molar-refractivity contribution is 5.85. The van der Waals surface area contributed by atoms with Crippen LogP contribution in [0.3, 0.4) is 0 Å². The number of ether oxygens (including phenoxy) is 1. The standard InChI is InChI=1S/C14H17NO2/c1-10(17-3)14(2,16)13-6-4-5-11-9-15-8-7-12(11)13/h4-10,16H,1-3H3. The van der Waals surface area contributed by atoms with Crippen molar-refractivity contribution in [2.75, 3.05) is 7.11 Å². The molecule has 2 rings (SSSR count). The fourth-order valence-electron chi connectivity index (χ4n) is 2.01. The Morgan fingerprint density at radius 2 is 2.12 bits per heavy atom. The smallest absolute Gasteiger partial charge is 0.113 e. The van der Waals surface area contributed by atoms with Crippen LogP contribution in [0.2, 0.25) is 0 Å². The first-order valence-electron chi connectivity index (χ1n) is 5.65. The molecule has 0 radical (unpaired) electrons. The second-order valence-electron chi connectivity index (χ2n) is 4.43. The van der Waals surface area contributed by atoms with Gasteiger partial charge < -0.3 is 9.84 Å². The summed E-state index contributed by atoms with van der Waals surface area (Å²) >= 11 is 0. The van der Waals surface area contributed by atoms with E-state index in [-0.39, 0.29) is 6.10 Å². The number of fused-ring (bicyclic) bond motifs is 1. The molecule has 0 spiro atoms. The molecule has 0 fully saturated rings. The Labute approximate surface area is 101 Å². The van der Waals surface area contributed by atoms with E-state index in [2.05, 4.69) is 4.98 Å². The molecule has 0 bridgehead atoms. The Balaban J connectivity index is 2.63. The molecule has 0 saturated heterocycles. The number of aliphatic hydroxyl groups is 1. The minimum absolute atomic E-state index is 0.277. The monoisotopic (exact) mass is 231 g/mol. The summed E-state index contributed by atoms with van der Waals surface area (Å²) in [6.45, 7) is 3.64. The Morgan fingerprint density at radius 1 is 1.35 bits per heavy atom. The maximum Gasteiger partial charge on any atom is 0.113 e. The van der Waals surface area contributed by atoms with Gasteiger partial charge in [0.05, 0.1) is 6.10 Å². The average Bonchev–Trinajstić information content (AvgIpc) is 2.37. The largest absolute Gasteiger partial charge is 0.383 e. The molecule has 17 heavy (non-hydrogen) atoms. The van der Waals surface area contributed by atoms with Gasteiger partial charge in [-0.05, 0) is 30.9 Å². The van der Waals surface area contributed by atoms with Crippen molar-refractivity contribution in [3.05, 3.63) is 42.2 Å². The molecule has 2 aromatic rings. The van der Waals surface area contributed by atoms with E-state index in [0.717, 1.165) is 16.3 Å². The minimum atomic E-state index is -1.02. The lowest BCUT2D eigenvalue weighted by Crippen LogP contribution is -2.35. The van der Waals surface area contributed by atoms with Crippen LogP contribution >= 0.6 is 0 Å². The van der Waals surface area contributed by atoms with E-state index in [4.69, 9.17) is 4.74 Å². The maximum absolute atomic E-state index is 10.6. The van der Waals surface area contributed by atoms with E-state index >= 15 is 0 Å². The normalized spacial score (nSPS) is 16.7. The molecule has 90 valence electrons. The quantitative estimate of drug-likeness (QED) is 0.882. The highest BCUT2D eigenvalue weighted by Gasteiger charge is 2.31. The van der Waals surface area contributed by atoms with Crippen molar-refractivity contribution in [1.82, 2.24) is 4.98 Å². The molecular weight excluding hydrogens is 214 g/mol. The summed E-state index contributed by atoms with van der Waals surface area (Å²) in [6.07, 6.45) is 3.26. The van der Waals surface area contributed by atoms with Crippen LogP contribution in [-0.4, -0.2) is 23.3 Å². The summed E-state index contributed by atoms with van der Waals surface area (Å²) in [4.78, 5) is 4.09. The van der Waals surface area contributed by atoms with Gasteiger partial charge in [0.25, 0.3) is 0 Å². The average molecular weight is 231 g/mol. The van der Waals surface area contributed by atoms with Gasteiger partial charge in [-0.15, -0.1) is 0 Å². The zero-order chi connectivity index (χ0) is 12.5. The maximum atomic E-state index is 10.6. The molecule has 1 N–H and O–H groups in total. The third kappa shape index (κ3) is 2.04. The van der Waals surface area contributed by atoms with Gasteiger partial charge in [0.1, 0.15) is 5.60 Å². The van der Waals surface area contributed by atoms with E-state index in [1.165, 1.54) is 0 Å². The molecule has 3 nitrogen and oxygen atoms in total. The molecule has 0 aliphatic carbocycles. The van der Waals surface area contributed by atoms with Crippen molar-refractivity contribution < 1.29 is 9.84 Å². The Morgan fingerprint density at radius 3 is 2.82 bits per heavy atom. The lowest BCUT2D eigenvalue weighted by molar-refractivity contribution is -0.0762. The van der Waals surface area contributed by atoms with Gasteiger partial charge in [-0.2, -0.15) is 0 Å². The Hall–Kier alpha value is -1.45. The second kappa shape index (κ2) is 4.43. The van der Waals surface area contributed by atoms with E-state index in [1.807, 2.05) is 31.2 Å². The van der Waals surface area contributed by atoms with E-state index < -0.39 is 5.60 Å². The lowest BCUT2D eigenvalue weighted by atomic mass is 9.87. The summed E-state index contributed by atoms with van der Waals surface area (Å²) in [5.41, 5.74) is -0.151. The van der Waals surface area contributed by atoms with Crippen LogP contribution in [0.5, 0.6) is 0 Å². The number of pyridine rings is 1. The molecule has 1 aromatic carbocycles. The number of hydrogen-bond donors (Lipinski definition) is 1. The van der Waals surface area contributed by atoms with Gasteiger partial charge in [-0.3, -0.25) is 4.98 Å². The molecule has 3 heteroatoms. The van der Waals surface area contributed by atoms with E-state index in [0.29, 0.717) is 0 Å². The SMILES string of the molecule is COC(C)C(C)(O)c1cccc2cnccc12.